The van der Waals surface area contributed by atoms with Crippen molar-refractivity contribution in [3.8, 4) is 0 Å². The standard InChI is InChI=1S/C23H49N/c1-19(2)13-12-14-23(24(11)20(3)4,17-15-21(5,6)7)18-16-22(8,9)10/h19-20H,12-18H2,1-11H3. The molecule has 146 valence electrons. The molecule has 0 saturated carbocycles. The molecule has 0 atom stereocenters. The van der Waals surface area contributed by atoms with Crippen LogP contribution in [0.1, 0.15) is 114 Å². The van der Waals surface area contributed by atoms with Gasteiger partial charge in [-0.2, -0.15) is 0 Å². The second-order valence-corrected chi connectivity index (χ2v) is 11.3. The van der Waals surface area contributed by atoms with Crippen molar-refractivity contribution in [2.75, 3.05) is 7.05 Å². The molecule has 0 bridgehead atoms. The van der Waals surface area contributed by atoms with Crippen molar-refractivity contribution < 1.29 is 0 Å². The van der Waals surface area contributed by atoms with Gasteiger partial charge in [0, 0.05) is 11.6 Å². The highest BCUT2D eigenvalue weighted by atomic mass is 15.2. The van der Waals surface area contributed by atoms with E-state index < -0.39 is 0 Å². The Balaban J connectivity index is 5.36. The Bertz CT molecular complexity index is 309. The molecule has 0 aliphatic rings. The van der Waals surface area contributed by atoms with Gasteiger partial charge < -0.3 is 0 Å². The summed E-state index contributed by atoms with van der Waals surface area (Å²) in [5.74, 6) is 0.817. The van der Waals surface area contributed by atoms with Gasteiger partial charge in [-0.05, 0) is 69.7 Å². The third kappa shape index (κ3) is 10.1. The van der Waals surface area contributed by atoms with E-state index in [0.717, 1.165) is 5.92 Å². The Kier molecular flexibility index (Phi) is 9.58. The summed E-state index contributed by atoms with van der Waals surface area (Å²) in [4.78, 5) is 2.71. The van der Waals surface area contributed by atoms with Crippen molar-refractivity contribution in [2.24, 2.45) is 16.7 Å². The van der Waals surface area contributed by atoms with Crippen molar-refractivity contribution in [3.05, 3.63) is 0 Å². The lowest BCUT2D eigenvalue weighted by molar-refractivity contribution is 0.0360. The van der Waals surface area contributed by atoms with Crippen molar-refractivity contribution in [3.63, 3.8) is 0 Å². The molecule has 0 aromatic carbocycles. The molecule has 1 nitrogen and oxygen atoms in total. The van der Waals surface area contributed by atoms with Crippen LogP contribution in [0.5, 0.6) is 0 Å². The van der Waals surface area contributed by atoms with E-state index in [2.05, 4.69) is 81.2 Å². The molecule has 0 radical (unpaired) electrons. The summed E-state index contributed by atoms with van der Waals surface area (Å²) in [6.45, 7) is 23.8. The van der Waals surface area contributed by atoms with Gasteiger partial charge >= 0.3 is 0 Å². The SMILES string of the molecule is CC(C)CCCC(CCC(C)(C)C)(CCC(C)(C)C)N(C)C(C)C. The molecule has 0 spiro atoms. The van der Waals surface area contributed by atoms with Crippen LogP contribution >= 0.6 is 0 Å². The first kappa shape index (κ1) is 24.0. The molecule has 0 heterocycles. The van der Waals surface area contributed by atoms with Gasteiger partial charge in [-0.25, -0.2) is 0 Å². The van der Waals surface area contributed by atoms with Gasteiger partial charge in [-0.15, -0.1) is 0 Å². The smallest absolute Gasteiger partial charge is 0.0209 e. The maximum Gasteiger partial charge on any atom is 0.0209 e. The summed E-state index contributed by atoms with van der Waals surface area (Å²) in [5.41, 5.74) is 1.20. The second-order valence-electron chi connectivity index (χ2n) is 11.3. The molecule has 0 fully saturated rings. The number of hydrogen-bond donors (Lipinski definition) is 0. The fraction of sp³-hybridized carbons (Fsp3) is 1.00. The highest BCUT2D eigenvalue weighted by Crippen LogP contribution is 2.39. The van der Waals surface area contributed by atoms with Crippen LogP contribution < -0.4 is 0 Å². The average molecular weight is 340 g/mol. The molecule has 0 rings (SSSR count). The van der Waals surface area contributed by atoms with Crippen LogP contribution in [0.4, 0.5) is 0 Å². The summed E-state index contributed by atoms with van der Waals surface area (Å²) < 4.78 is 0. The molecule has 0 aliphatic carbocycles. The van der Waals surface area contributed by atoms with E-state index in [1.807, 2.05) is 0 Å². The quantitative estimate of drug-likeness (QED) is 0.397. The van der Waals surface area contributed by atoms with Gasteiger partial charge in [0.15, 0.2) is 0 Å². The number of rotatable bonds is 10. The van der Waals surface area contributed by atoms with Gasteiger partial charge in [0.1, 0.15) is 0 Å². The Hall–Kier alpha value is -0.0400. The monoisotopic (exact) mass is 339 g/mol. The van der Waals surface area contributed by atoms with Crippen molar-refractivity contribution in [1.82, 2.24) is 4.90 Å². The molecule has 0 amide bonds. The first-order valence-corrected chi connectivity index (χ1v) is 10.4. The Morgan fingerprint density at radius 1 is 0.667 bits per heavy atom. The van der Waals surface area contributed by atoms with E-state index in [1.165, 1.54) is 44.9 Å². The molecule has 0 aliphatic heterocycles. The highest BCUT2D eigenvalue weighted by Gasteiger charge is 2.37. The molecule has 0 N–H and O–H groups in total. The minimum absolute atomic E-state index is 0.365. The number of hydrogen-bond acceptors (Lipinski definition) is 1. The lowest BCUT2D eigenvalue weighted by atomic mass is 9.73. The molecule has 0 unspecified atom stereocenters. The van der Waals surface area contributed by atoms with E-state index in [4.69, 9.17) is 0 Å². The third-order valence-corrected chi connectivity index (χ3v) is 5.63. The average Bonchev–Trinajstić information content (AvgIpc) is 2.38. The van der Waals surface area contributed by atoms with Crippen LogP contribution in [0.3, 0.4) is 0 Å². The predicted octanol–water partition coefficient (Wildman–Crippen LogP) is 7.54. The van der Waals surface area contributed by atoms with Crippen LogP contribution in [-0.4, -0.2) is 23.5 Å². The van der Waals surface area contributed by atoms with E-state index >= 15 is 0 Å². The van der Waals surface area contributed by atoms with Crippen molar-refractivity contribution in [2.45, 2.75) is 126 Å². The first-order chi connectivity index (χ1) is 10.7. The van der Waals surface area contributed by atoms with Crippen LogP contribution in [0.25, 0.3) is 0 Å². The van der Waals surface area contributed by atoms with Gasteiger partial charge in [-0.3, -0.25) is 4.90 Å². The minimum atomic E-state index is 0.365. The van der Waals surface area contributed by atoms with E-state index in [1.54, 1.807) is 0 Å². The first-order valence-electron chi connectivity index (χ1n) is 10.4. The van der Waals surface area contributed by atoms with Crippen LogP contribution in [-0.2, 0) is 0 Å². The summed E-state index contributed by atoms with van der Waals surface area (Å²) in [6, 6.07) is 0.615. The van der Waals surface area contributed by atoms with Gasteiger partial charge in [0.2, 0.25) is 0 Å². The van der Waals surface area contributed by atoms with Gasteiger partial charge in [0.05, 0.1) is 0 Å². The fourth-order valence-corrected chi connectivity index (χ4v) is 3.51. The van der Waals surface area contributed by atoms with Crippen molar-refractivity contribution in [1.29, 1.82) is 0 Å². The zero-order chi connectivity index (χ0) is 19.2. The van der Waals surface area contributed by atoms with Crippen molar-refractivity contribution >= 4 is 0 Å². The Morgan fingerprint density at radius 2 is 1.08 bits per heavy atom. The lowest BCUT2D eigenvalue weighted by Crippen LogP contribution is -2.50. The van der Waals surface area contributed by atoms with Crippen LogP contribution in [0, 0.1) is 16.7 Å². The predicted molar refractivity (Wildman–Crippen MR) is 112 cm³/mol. The maximum atomic E-state index is 2.71. The zero-order valence-corrected chi connectivity index (χ0v) is 19.1. The van der Waals surface area contributed by atoms with E-state index in [-0.39, 0.29) is 0 Å². The summed E-state index contributed by atoms with van der Waals surface area (Å²) >= 11 is 0. The molecule has 0 aromatic heterocycles. The van der Waals surface area contributed by atoms with Crippen LogP contribution in [0.15, 0.2) is 0 Å². The van der Waals surface area contributed by atoms with Gasteiger partial charge in [-0.1, -0.05) is 68.2 Å². The molecule has 0 aromatic rings. The van der Waals surface area contributed by atoms with Gasteiger partial charge in [0.25, 0.3) is 0 Å². The normalized spacial score (nSPS) is 14.2. The summed E-state index contributed by atoms with van der Waals surface area (Å²) in [7, 11) is 2.38. The Morgan fingerprint density at radius 3 is 1.38 bits per heavy atom. The molecular weight excluding hydrogens is 290 g/mol. The van der Waals surface area contributed by atoms with E-state index in [0.29, 0.717) is 22.4 Å². The summed E-state index contributed by atoms with van der Waals surface area (Å²) in [5, 5.41) is 0. The zero-order valence-electron chi connectivity index (χ0n) is 19.1. The fourth-order valence-electron chi connectivity index (χ4n) is 3.51. The second kappa shape index (κ2) is 9.60. The topological polar surface area (TPSA) is 3.24 Å². The lowest BCUT2D eigenvalue weighted by Gasteiger charge is -2.47. The molecule has 0 saturated heterocycles. The minimum Gasteiger partial charge on any atom is -0.298 e. The largest absolute Gasteiger partial charge is 0.298 e. The summed E-state index contributed by atoms with van der Waals surface area (Å²) in [6.07, 6.45) is 9.37. The highest BCUT2D eigenvalue weighted by molar-refractivity contribution is 4.93. The van der Waals surface area contributed by atoms with E-state index in [9.17, 15) is 0 Å². The molecular formula is C23H49N. The van der Waals surface area contributed by atoms with Crippen LogP contribution in [0.2, 0.25) is 0 Å². The third-order valence-electron chi connectivity index (χ3n) is 5.63. The molecule has 1 heteroatoms. The maximum absolute atomic E-state index is 2.71. The Labute approximate surface area is 155 Å². The number of nitrogens with zero attached hydrogens (tertiary/aromatic N) is 1. The molecule has 24 heavy (non-hydrogen) atoms.